The summed E-state index contributed by atoms with van der Waals surface area (Å²) >= 11 is 0. The average Bonchev–Trinajstić information content (AvgIpc) is 2.92. The predicted molar refractivity (Wildman–Crippen MR) is 88.4 cm³/mol. The van der Waals surface area contributed by atoms with Crippen molar-refractivity contribution in [2.24, 2.45) is 28.6 Å². The van der Waals surface area contributed by atoms with Crippen LogP contribution in [0, 0.1) is 28.6 Å². The zero-order valence-electron chi connectivity index (χ0n) is 15.1. The Bertz CT molecular complexity index is 524. The number of ether oxygens (including phenoxy) is 2. The molecule has 4 fully saturated rings. The molecule has 1 saturated heterocycles. The molecule has 22 heavy (non-hydrogen) atoms. The summed E-state index contributed by atoms with van der Waals surface area (Å²) in [5.41, 5.74) is 0.731. The van der Waals surface area contributed by atoms with Crippen molar-refractivity contribution in [2.45, 2.75) is 84.7 Å². The van der Waals surface area contributed by atoms with Crippen LogP contribution in [0.1, 0.15) is 67.2 Å². The van der Waals surface area contributed by atoms with Crippen molar-refractivity contribution >= 4 is 0 Å². The maximum atomic E-state index is 6.63. The molecule has 0 aromatic heterocycles. The second-order valence-corrected chi connectivity index (χ2v) is 9.45. The molecule has 3 aliphatic carbocycles. The zero-order chi connectivity index (χ0) is 16.0. The highest BCUT2D eigenvalue weighted by Gasteiger charge is 2.74. The molecule has 1 spiro atoms. The SMILES string of the molecule is CC=C[C@@]1(C)O[C@H]2C[C@@]34C[C@H](C(C)(C)[C@@H]3CC[C@H]4C)[C@@]2(C)O1. The van der Waals surface area contributed by atoms with E-state index >= 15 is 0 Å². The molecule has 2 bridgehead atoms. The lowest BCUT2D eigenvalue weighted by atomic mass is 9.63. The first-order valence-electron chi connectivity index (χ1n) is 9.20. The van der Waals surface area contributed by atoms with Crippen LogP contribution in [-0.4, -0.2) is 17.5 Å². The second kappa shape index (κ2) is 4.19. The Balaban J connectivity index is 1.78. The number of hydrogen-bond acceptors (Lipinski definition) is 2. The molecule has 0 unspecified atom stereocenters. The van der Waals surface area contributed by atoms with Gasteiger partial charge in [-0.1, -0.05) is 26.8 Å². The molecule has 4 aliphatic rings. The molecular weight excluding hydrogens is 272 g/mol. The summed E-state index contributed by atoms with van der Waals surface area (Å²) in [6.07, 6.45) is 9.73. The number of fused-ring (bicyclic) bond motifs is 3. The smallest absolute Gasteiger partial charge is 0.186 e. The minimum Gasteiger partial charge on any atom is -0.340 e. The van der Waals surface area contributed by atoms with Gasteiger partial charge in [0.25, 0.3) is 0 Å². The Hall–Kier alpha value is -0.340. The molecule has 2 nitrogen and oxygen atoms in total. The molecule has 0 amide bonds. The summed E-state index contributed by atoms with van der Waals surface area (Å²) in [7, 11) is 0. The molecule has 0 radical (unpaired) electrons. The van der Waals surface area contributed by atoms with Crippen LogP contribution >= 0.6 is 0 Å². The van der Waals surface area contributed by atoms with Gasteiger partial charge < -0.3 is 9.47 Å². The highest BCUT2D eigenvalue weighted by atomic mass is 16.8. The van der Waals surface area contributed by atoms with Gasteiger partial charge in [0.2, 0.25) is 0 Å². The first-order chi connectivity index (χ1) is 10.2. The summed E-state index contributed by atoms with van der Waals surface area (Å²) < 4.78 is 13.1. The summed E-state index contributed by atoms with van der Waals surface area (Å²) in [4.78, 5) is 0. The standard InChI is InChI=1S/C20H32O2/c1-7-10-18(5)21-16-12-20-11-15(19(16,6)22-18)17(3,4)14(20)9-8-13(20)2/h7,10,13-16H,8-9,11-12H2,1-6H3/t13-,14+,15-,16+,18+,19-,20-/m1/s1. The molecule has 2 heteroatoms. The van der Waals surface area contributed by atoms with E-state index in [0.29, 0.717) is 16.7 Å². The maximum Gasteiger partial charge on any atom is 0.186 e. The Morgan fingerprint density at radius 2 is 1.73 bits per heavy atom. The van der Waals surface area contributed by atoms with Crippen LogP contribution in [0.2, 0.25) is 0 Å². The van der Waals surface area contributed by atoms with Crippen LogP contribution in [0.25, 0.3) is 0 Å². The lowest BCUT2D eigenvalue weighted by molar-refractivity contribution is -0.158. The molecule has 4 rings (SSSR count). The average molecular weight is 304 g/mol. The third-order valence-electron chi connectivity index (χ3n) is 8.11. The fourth-order valence-corrected chi connectivity index (χ4v) is 7.23. The van der Waals surface area contributed by atoms with E-state index in [1.807, 2.05) is 6.92 Å². The third-order valence-corrected chi connectivity index (χ3v) is 8.11. The fraction of sp³-hybridized carbons (Fsp3) is 0.900. The van der Waals surface area contributed by atoms with Gasteiger partial charge in [-0.15, -0.1) is 0 Å². The predicted octanol–water partition coefficient (Wildman–Crippen LogP) is 4.94. The minimum atomic E-state index is -0.539. The van der Waals surface area contributed by atoms with E-state index in [9.17, 15) is 0 Å². The summed E-state index contributed by atoms with van der Waals surface area (Å²) in [5, 5.41) is 0. The van der Waals surface area contributed by atoms with Crippen LogP contribution in [0.3, 0.4) is 0 Å². The summed E-state index contributed by atoms with van der Waals surface area (Å²) in [6.45, 7) is 14.0. The normalized spacial score (nSPS) is 59.0. The van der Waals surface area contributed by atoms with Crippen molar-refractivity contribution in [1.29, 1.82) is 0 Å². The Morgan fingerprint density at radius 3 is 2.41 bits per heavy atom. The Morgan fingerprint density at radius 1 is 1.00 bits per heavy atom. The topological polar surface area (TPSA) is 18.5 Å². The van der Waals surface area contributed by atoms with E-state index in [2.05, 4.69) is 46.8 Å². The molecule has 3 saturated carbocycles. The molecule has 1 aliphatic heterocycles. The third kappa shape index (κ3) is 1.59. The van der Waals surface area contributed by atoms with Gasteiger partial charge in [0.1, 0.15) is 0 Å². The summed E-state index contributed by atoms with van der Waals surface area (Å²) in [6, 6.07) is 0. The lowest BCUT2D eigenvalue weighted by Gasteiger charge is -2.47. The zero-order valence-corrected chi connectivity index (χ0v) is 15.1. The molecule has 0 N–H and O–H groups in total. The van der Waals surface area contributed by atoms with E-state index in [-0.39, 0.29) is 11.7 Å². The maximum absolute atomic E-state index is 6.63. The van der Waals surface area contributed by atoms with Crippen LogP contribution in [0.15, 0.2) is 12.2 Å². The van der Waals surface area contributed by atoms with Crippen molar-refractivity contribution in [3.63, 3.8) is 0 Å². The second-order valence-electron chi connectivity index (χ2n) is 9.45. The van der Waals surface area contributed by atoms with Crippen LogP contribution in [0.4, 0.5) is 0 Å². The quantitative estimate of drug-likeness (QED) is 0.639. The largest absolute Gasteiger partial charge is 0.340 e. The van der Waals surface area contributed by atoms with Gasteiger partial charge >= 0.3 is 0 Å². The van der Waals surface area contributed by atoms with E-state index < -0.39 is 5.79 Å². The molecule has 0 aromatic carbocycles. The van der Waals surface area contributed by atoms with Crippen molar-refractivity contribution in [3.8, 4) is 0 Å². The van der Waals surface area contributed by atoms with Crippen molar-refractivity contribution in [3.05, 3.63) is 12.2 Å². The van der Waals surface area contributed by atoms with E-state index in [0.717, 1.165) is 11.8 Å². The fourth-order valence-electron chi connectivity index (χ4n) is 7.23. The van der Waals surface area contributed by atoms with Crippen LogP contribution in [-0.2, 0) is 9.47 Å². The molecule has 1 heterocycles. The highest BCUT2D eigenvalue weighted by Crippen LogP contribution is 2.75. The monoisotopic (exact) mass is 304 g/mol. The van der Waals surface area contributed by atoms with E-state index in [1.165, 1.54) is 25.7 Å². The van der Waals surface area contributed by atoms with Crippen molar-refractivity contribution < 1.29 is 9.47 Å². The summed E-state index contributed by atoms with van der Waals surface area (Å²) in [5.74, 6) is 1.76. The van der Waals surface area contributed by atoms with Gasteiger partial charge in [0, 0.05) is 0 Å². The van der Waals surface area contributed by atoms with Crippen molar-refractivity contribution in [1.82, 2.24) is 0 Å². The first-order valence-corrected chi connectivity index (χ1v) is 9.20. The number of hydrogen-bond donors (Lipinski definition) is 0. The van der Waals surface area contributed by atoms with Crippen molar-refractivity contribution in [2.75, 3.05) is 0 Å². The van der Waals surface area contributed by atoms with Gasteiger partial charge in [-0.3, -0.25) is 0 Å². The van der Waals surface area contributed by atoms with Crippen LogP contribution in [0.5, 0.6) is 0 Å². The molecular formula is C20H32O2. The first kappa shape index (κ1) is 15.2. The molecule has 124 valence electrons. The Kier molecular flexibility index (Phi) is 2.89. The Labute approximate surface area is 135 Å². The van der Waals surface area contributed by atoms with E-state index in [4.69, 9.17) is 9.47 Å². The molecule has 0 aromatic rings. The molecule has 7 atom stereocenters. The lowest BCUT2D eigenvalue weighted by Crippen LogP contribution is -2.52. The number of allylic oxidation sites excluding steroid dienone is 1. The van der Waals surface area contributed by atoms with Gasteiger partial charge in [0.05, 0.1) is 11.7 Å². The number of rotatable bonds is 1. The highest BCUT2D eigenvalue weighted by molar-refractivity contribution is 5.22. The van der Waals surface area contributed by atoms with Gasteiger partial charge in [0.15, 0.2) is 5.79 Å². The van der Waals surface area contributed by atoms with Gasteiger partial charge in [-0.25, -0.2) is 0 Å². The van der Waals surface area contributed by atoms with E-state index in [1.54, 1.807) is 0 Å². The van der Waals surface area contributed by atoms with Gasteiger partial charge in [-0.2, -0.15) is 0 Å². The minimum absolute atomic E-state index is 0.132. The van der Waals surface area contributed by atoms with Gasteiger partial charge in [-0.05, 0) is 81.1 Å². The van der Waals surface area contributed by atoms with Crippen LogP contribution < -0.4 is 0 Å².